The first-order chi connectivity index (χ1) is 20.6. The summed E-state index contributed by atoms with van der Waals surface area (Å²) in [5.74, 6) is -0.0586. The molecule has 2 atom stereocenters. The monoisotopic (exact) mass is 609 g/mol. The summed E-state index contributed by atoms with van der Waals surface area (Å²) < 4.78 is 0. The first-order valence-electron chi connectivity index (χ1n) is 14.8. The largest absolute Gasteiger partial charge is 0.508 e. The van der Waals surface area contributed by atoms with E-state index in [0.717, 1.165) is 68.9 Å². The molecule has 0 radical (unpaired) electrons. The maximum absolute atomic E-state index is 12.3. The van der Waals surface area contributed by atoms with E-state index in [1.54, 1.807) is 6.07 Å². The third-order valence-corrected chi connectivity index (χ3v) is 7.78. The van der Waals surface area contributed by atoms with Crippen molar-refractivity contribution in [2.24, 2.45) is 16.6 Å². The van der Waals surface area contributed by atoms with Crippen molar-refractivity contribution in [1.82, 2.24) is 15.3 Å². The number of hydrogen-bond donors (Lipinski definition) is 6. The Balaban J connectivity index is 1.30. The minimum Gasteiger partial charge on any atom is -0.508 e. The van der Waals surface area contributed by atoms with Gasteiger partial charge in [-0.05, 0) is 91.7 Å². The van der Waals surface area contributed by atoms with Crippen molar-refractivity contribution in [3.8, 4) is 5.75 Å². The number of rotatable bonds is 15. The molecule has 1 heterocycles. The topological polar surface area (TPSA) is 186 Å². The number of aliphatic imine (C=N–C) groups is 1. The predicted molar refractivity (Wildman–Crippen MR) is 173 cm³/mol. The molecule has 0 saturated carbocycles. The van der Waals surface area contributed by atoms with Crippen molar-refractivity contribution in [2.45, 2.75) is 77.7 Å². The van der Waals surface area contributed by atoms with E-state index in [1.165, 1.54) is 11.1 Å². The van der Waals surface area contributed by atoms with Gasteiger partial charge in [-0.15, -0.1) is 0 Å². The number of nitrogens with zero attached hydrogens (tertiary/aromatic N) is 3. The quantitative estimate of drug-likeness (QED) is 0.0779. The Labute approximate surface area is 258 Å². The SMILES string of the molecule is CCc1cc([C@@H](O)CC[C@@H](C)CCCc2ccc(CCCCN=C(N)NC(=O)c3nc(Cl)c(N)nc3N)cc2)ccc1O. The highest BCUT2D eigenvalue weighted by Crippen LogP contribution is 2.27. The van der Waals surface area contributed by atoms with Gasteiger partial charge in [0.25, 0.3) is 5.91 Å². The molecular weight excluding hydrogens is 566 g/mol. The Hall–Kier alpha value is -3.89. The Morgan fingerprint density at radius 1 is 0.977 bits per heavy atom. The minimum atomic E-state index is -0.655. The fraction of sp³-hybridized carbons (Fsp3) is 0.438. The van der Waals surface area contributed by atoms with Crippen LogP contribution in [0, 0.1) is 5.92 Å². The lowest BCUT2D eigenvalue weighted by Gasteiger charge is -2.16. The number of aromatic nitrogens is 2. The average Bonchev–Trinajstić information content (AvgIpc) is 2.98. The highest BCUT2D eigenvalue weighted by molar-refractivity contribution is 6.31. The summed E-state index contributed by atoms with van der Waals surface area (Å²) in [4.78, 5) is 24.1. The van der Waals surface area contributed by atoms with Gasteiger partial charge in [0, 0.05) is 6.54 Å². The lowest BCUT2D eigenvalue weighted by Crippen LogP contribution is -2.38. The molecule has 1 aromatic heterocycles. The van der Waals surface area contributed by atoms with Gasteiger partial charge >= 0.3 is 0 Å². The number of amides is 1. The van der Waals surface area contributed by atoms with E-state index in [2.05, 4.69) is 51.5 Å². The fourth-order valence-corrected chi connectivity index (χ4v) is 4.97. The highest BCUT2D eigenvalue weighted by Gasteiger charge is 2.17. The lowest BCUT2D eigenvalue weighted by atomic mass is 9.93. The first kappa shape index (κ1) is 33.6. The van der Waals surface area contributed by atoms with Crippen molar-refractivity contribution in [3.05, 3.63) is 75.6 Å². The Morgan fingerprint density at radius 2 is 1.65 bits per heavy atom. The first-order valence-corrected chi connectivity index (χ1v) is 15.2. The van der Waals surface area contributed by atoms with E-state index in [4.69, 9.17) is 28.8 Å². The van der Waals surface area contributed by atoms with Gasteiger partial charge < -0.3 is 27.4 Å². The Morgan fingerprint density at radius 3 is 2.33 bits per heavy atom. The zero-order valence-electron chi connectivity index (χ0n) is 25.0. The molecule has 0 aliphatic heterocycles. The summed E-state index contributed by atoms with van der Waals surface area (Å²) in [5, 5.41) is 22.8. The summed E-state index contributed by atoms with van der Waals surface area (Å²) in [5.41, 5.74) is 21.2. The van der Waals surface area contributed by atoms with Crippen molar-refractivity contribution in [1.29, 1.82) is 0 Å². The zero-order chi connectivity index (χ0) is 31.4. The van der Waals surface area contributed by atoms with Crippen molar-refractivity contribution in [3.63, 3.8) is 0 Å². The van der Waals surface area contributed by atoms with E-state index in [9.17, 15) is 15.0 Å². The molecule has 0 aliphatic rings. The maximum Gasteiger partial charge on any atom is 0.280 e. The van der Waals surface area contributed by atoms with E-state index in [-0.39, 0.29) is 28.4 Å². The van der Waals surface area contributed by atoms with Gasteiger partial charge in [-0.25, -0.2) is 9.97 Å². The molecule has 2 aromatic carbocycles. The number of phenolic OH excluding ortho intramolecular Hbond substituents is 1. The summed E-state index contributed by atoms with van der Waals surface area (Å²) >= 11 is 5.82. The molecule has 10 nitrogen and oxygen atoms in total. The van der Waals surface area contributed by atoms with Crippen LogP contribution in [-0.4, -0.2) is 38.6 Å². The van der Waals surface area contributed by atoms with Gasteiger partial charge in [-0.3, -0.25) is 15.1 Å². The summed E-state index contributed by atoms with van der Waals surface area (Å²) in [6.07, 6.45) is 7.86. The fourth-order valence-electron chi connectivity index (χ4n) is 4.84. The number of unbranched alkanes of at least 4 members (excludes halogenated alkanes) is 1. The number of nitrogen functional groups attached to an aromatic ring is 2. The van der Waals surface area contributed by atoms with E-state index in [0.29, 0.717) is 18.2 Å². The van der Waals surface area contributed by atoms with Gasteiger partial charge in [-0.2, -0.15) is 0 Å². The van der Waals surface area contributed by atoms with Gasteiger partial charge in [0.1, 0.15) is 5.75 Å². The Kier molecular flexibility index (Phi) is 13.0. The standard InChI is InChI=1S/C32H44ClN7O3/c1-3-23-19-24(15-17-25(23)41)26(42)16-10-20(2)7-6-9-22-13-11-21(12-14-22)8-4-5-18-37-32(36)40-31(43)27-29(34)39-30(35)28(33)38-27/h11-15,17,19-20,26,41-42H,3-10,16,18H2,1-2H3,(H4,34,35,39)(H3,36,37,40,43)/t20-,26-/m0/s1. The summed E-state index contributed by atoms with van der Waals surface area (Å²) in [7, 11) is 0. The molecule has 0 bridgehead atoms. The van der Waals surface area contributed by atoms with Crippen molar-refractivity contribution in [2.75, 3.05) is 18.0 Å². The van der Waals surface area contributed by atoms with E-state index < -0.39 is 12.0 Å². The number of aromatic hydroxyl groups is 1. The minimum absolute atomic E-state index is 0.0306. The number of carbonyl (C=O) groups is 1. The van der Waals surface area contributed by atoms with Crippen LogP contribution in [0.1, 0.15) is 91.2 Å². The van der Waals surface area contributed by atoms with Crippen LogP contribution in [0.3, 0.4) is 0 Å². The predicted octanol–water partition coefficient (Wildman–Crippen LogP) is 5.10. The average molecular weight is 610 g/mol. The van der Waals surface area contributed by atoms with Crippen molar-refractivity contribution < 1.29 is 15.0 Å². The van der Waals surface area contributed by atoms with Gasteiger partial charge in [0.15, 0.2) is 28.4 Å². The number of aliphatic hydroxyl groups excluding tert-OH is 1. The number of aryl methyl sites for hydroxylation is 3. The van der Waals surface area contributed by atoms with E-state index >= 15 is 0 Å². The van der Waals surface area contributed by atoms with Gasteiger partial charge in [0.05, 0.1) is 6.10 Å². The van der Waals surface area contributed by atoms with Crippen LogP contribution in [0.4, 0.5) is 11.6 Å². The second kappa shape index (κ2) is 16.7. The van der Waals surface area contributed by atoms with E-state index in [1.807, 2.05) is 19.1 Å². The van der Waals surface area contributed by atoms with Gasteiger partial charge in [0.2, 0.25) is 0 Å². The van der Waals surface area contributed by atoms with Crippen LogP contribution in [0.5, 0.6) is 5.75 Å². The normalized spacial score (nSPS) is 13.1. The molecule has 3 rings (SSSR count). The number of hydrogen-bond acceptors (Lipinski definition) is 8. The Bertz CT molecular complexity index is 1380. The number of anilines is 2. The molecule has 232 valence electrons. The van der Waals surface area contributed by atoms with Crippen LogP contribution in [0.15, 0.2) is 47.5 Å². The molecule has 0 saturated heterocycles. The maximum atomic E-state index is 12.3. The number of phenols is 1. The molecule has 11 heteroatoms. The third kappa shape index (κ3) is 10.7. The second-order valence-corrected chi connectivity index (χ2v) is 11.3. The zero-order valence-corrected chi connectivity index (χ0v) is 25.8. The summed E-state index contributed by atoms with van der Waals surface area (Å²) in [6.45, 7) is 4.71. The van der Waals surface area contributed by atoms with Gasteiger partial charge in [-0.1, -0.05) is 62.2 Å². The number of aliphatic hydroxyl groups is 1. The van der Waals surface area contributed by atoms with Crippen LogP contribution in [0.2, 0.25) is 5.15 Å². The number of carbonyl (C=O) groups excluding carboxylic acids is 1. The molecular formula is C32H44ClN7O3. The molecule has 0 aliphatic carbocycles. The molecule has 0 fully saturated rings. The van der Waals surface area contributed by atoms with Crippen LogP contribution in [0.25, 0.3) is 0 Å². The third-order valence-electron chi connectivity index (χ3n) is 7.50. The molecule has 1 amide bonds. The smallest absolute Gasteiger partial charge is 0.280 e. The number of halogens is 1. The van der Waals surface area contributed by atoms with Crippen LogP contribution < -0.4 is 22.5 Å². The molecule has 3 aromatic rings. The number of nitrogens with two attached hydrogens (primary N) is 3. The lowest BCUT2D eigenvalue weighted by molar-refractivity contribution is 0.0972. The number of nitrogens with one attached hydrogen (secondary N) is 1. The molecule has 9 N–H and O–H groups in total. The molecule has 43 heavy (non-hydrogen) atoms. The molecule has 0 unspecified atom stereocenters. The second-order valence-electron chi connectivity index (χ2n) is 11.0. The summed E-state index contributed by atoms with van der Waals surface area (Å²) in [6, 6.07) is 14.2. The number of guanidine groups is 1. The number of benzene rings is 2. The van der Waals surface area contributed by atoms with Crippen molar-refractivity contribution >= 4 is 35.1 Å². The van der Waals surface area contributed by atoms with Crippen LogP contribution >= 0.6 is 11.6 Å². The highest BCUT2D eigenvalue weighted by atomic mass is 35.5. The molecule has 0 spiro atoms. The van der Waals surface area contributed by atoms with Crippen LogP contribution in [-0.2, 0) is 19.3 Å².